The average molecular weight is 298 g/mol. The van der Waals surface area contributed by atoms with Gasteiger partial charge in [-0.25, -0.2) is 0 Å². The minimum absolute atomic E-state index is 0.510. The van der Waals surface area contributed by atoms with Crippen molar-refractivity contribution in [2.24, 2.45) is 0 Å². The first-order valence-corrected chi connectivity index (χ1v) is 5.19. The number of benzene rings is 1. The second kappa shape index (κ2) is 5.56. The SMILES string of the molecule is O=C(O)CC=Cc1c(C(F)(F)F)cccc1C(F)(F)F. The van der Waals surface area contributed by atoms with Gasteiger partial charge in [0.25, 0.3) is 0 Å². The lowest BCUT2D eigenvalue weighted by Gasteiger charge is -2.16. The third-order valence-electron chi connectivity index (χ3n) is 2.29. The Labute approximate surface area is 109 Å². The minimum Gasteiger partial charge on any atom is -0.481 e. The van der Waals surface area contributed by atoms with E-state index in [4.69, 9.17) is 5.11 Å². The zero-order valence-corrected chi connectivity index (χ0v) is 9.72. The minimum atomic E-state index is -4.97. The topological polar surface area (TPSA) is 37.3 Å². The monoisotopic (exact) mass is 298 g/mol. The van der Waals surface area contributed by atoms with Gasteiger partial charge in [-0.1, -0.05) is 18.2 Å². The van der Waals surface area contributed by atoms with Crippen molar-refractivity contribution in [3.63, 3.8) is 0 Å². The third kappa shape index (κ3) is 4.01. The largest absolute Gasteiger partial charge is 0.481 e. The first-order chi connectivity index (χ1) is 9.03. The summed E-state index contributed by atoms with van der Waals surface area (Å²) in [7, 11) is 0. The summed E-state index contributed by atoms with van der Waals surface area (Å²) in [6.07, 6.45) is -9.35. The fourth-order valence-corrected chi connectivity index (χ4v) is 1.52. The van der Waals surface area contributed by atoms with Gasteiger partial charge >= 0.3 is 18.3 Å². The van der Waals surface area contributed by atoms with Crippen molar-refractivity contribution < 1.29 is 36.2 Å². The second-order valence-electron chi connectivity index (χ2n) is 3.76. The quantitative estimate of drug-likeness (QED) is 0.849. The van der Waals surface area contributed by atoms with E-state index in [0.29, 0.717) is 24.3 Å². The van der Waals surface area contributed by atoms with Crippen LogP contribution >= 0.6 is 0 Å². The smallest absolute Gasteiger partial charge is 0.417 e. The van der Waals surface area contributed by atoms with E-state index in [9.17, 15) is 31.1 Å². The Kier molecular flexibility index (Phi) is 4.46. The van der Waals surface area contributed by atoms with E-state index in [-0.39, 0.29) is 0 Å². The zero-order valence-electron chi connectivity index (χ0n) is 9.72. The average Bonchev–Trinajstić information content (AvgIpc) is 2.25. The summed E-state index contributed by atoms with van der Waals surface area (Å²) >= 11 is 0. The third-order valence-corrected chi connectivity index (χ3v) is 2.29. The first kappa shape index (κ1) is 16.1. The van der Waals surface area contributed by atoms with Crippen LogP contribution in [0.4, 0.5) is 26.3 Å². The van der Waals surface area contributed by atoms with Gasteiger partial charge in [-0.05, 0) is 17.7 Å². The Morgan fingerprint density at radius 2 is 1.50 bits per heavy atom. The summed E-state index contributed by atoms with van der Waals surface area (Å²) in [5.41, 5.74) is -4.02. The molecule has 0 amide bonds. The fourth-order valence-electron chi connectivity index (χ4n) is 1.52. The number of halogens is 6. The predicted molar refractivity (Wildman–Crippen MR) is 57.7 cm³/mol. The standard InChI is InChI=1S/C12H8F6O2/c13-11(14,15)8-4-2-5-9(12(16,17)18)7(8)3-1-6-10(19)20/h1-5H,6H2,(H,19,20). The van der Waals surface area contributed by atoms with Crippen molar-refractivity contribution in [3.8, 4) is 0 Å². The van der Waals surface area contributed by atoms with Crippen LogP contribution in [0.25, 0.3) is 6.08 Å². The van der Waals surface area contributed by atoms with Gasteiger partial charge in [-0.3, -0.25) is 4.79 Å². The molecule has 1 rings (SSSR count). The fraction of sp³-hybridized carbons (Fsp3) is 0.250. The maximum atomic E-state index is 12.7. The Bertz CT molecular complexity index is 495. The van der Waals surface area contributed by atoms with Crippen LogP contribution in [-0.2, 0) is 17.1 Å². The van der Waals surface area contributed by atoms with E-state index >= 15 is 0 Å². The van der Waals surface area contributed by atoms with Crippen LogP contribution in [0, 0.1) is 0 Å². The second-order valence-corrected chi connectivity index (χ2v) is 3.76. The van der Waals surface area contributed by atoms with Gasteiger partial charge in [0.1, 0.15) is 0 Å². The molecular formula is C12H8F6O2. The van der Waals surface area contributed by atoms with Gasteiger partial charge in [0.2, 0.25) is 0 Å². The van der Waals surface area contributed by atoms with Crippen LogP contribution in [0.3, 0.4) is 0 Å². The van der Waals surface area contributed by atoms with Crippen molar-refractivity contribution >= 4 is 12.0 Å². The molecule has 0 aromatic heterocycles. The molecule has 0 heterocycles. The molecular weight excluding hydrogens is 290 g/mol. The molecule has 0 atom stereocenters. The van der Waals surface area contributed by atoms with Crippen LogP contribution in [0.2, 0.25) is 0 Å². The summed E-state index contributed by atoms with van der Waals surface area (Å²) in [6, 6.07) is 1.67. The van der Waals surface area contributed by atoms with E-state index in [0.717, 1.165) is 6.08 Å². The molecule has 0 saturated carbocycles. The Hall–Kier alpha value is -1.99. The van der Waals surface area contributed by atoms with E-state index in [1.165, 1.54) is 0 Å². The summed E-state index contributed by atoms with van der Waals surface area (Å²) in [4.78, 5) is 10.3. The molecule has 0 spiro atoms. The van der Waals surface area contributed by atoms with Crippen molar-refractivity contribution in [3.05, 3.63) is 41.0 Å². The Morgan fingerprint density at radius 3 is 1.85 bits per heavy atom. The Morgan fingerprint density at radius 1 is 1.05 bits per heavy atom. The molecule has 20 heavy (non-hydrogen) atoms. The van der Waals surface area contributed by atoms with E-state index < -0.39 is 41.4 Å². The van der Waals surface area contributed by atoms with Crippen molar-refractivity contribution in [2.45, 2.75) is 18.8 Å². The van der Waals surface area contributed by atoms with Crippen LogP contribution in [0.15, 0.2) is 24.3 Å². The van der Waals surface area contributed by atoms with E-state index in [1.54, 1.807) is 0 Å². The number of rotatable bonds is 3. The molecule has 0 bridgehead atoms. The lowest BCUT2D eigenvalue weighted by molar-refractivity contribution is -0.143. The molecule has 0 radical (unpaired) electrons. The van der Waals surface area contributed by atoms with Gasteiger partial charge in [0.15, 0.2) is 0 Å². The highest BCUT2D eigenvalue weighted by Crippen LogP contribution is 2.39. The molecule has 0 fully saturated rings. The normalized spacial score (nSPS) is 12.9. The summed E-state index contributed by atoms with van der Waals surface area (Å²) in [5, 5.41) is 8.35. The van der Waals surface area contributed by atoms with Crippen LogP contribution < -0.4 is 0 Å². The molecule has 0 aliphatic carbocycles. The summed E-state index contributed by atoms with van der Waals surface area (Å²) in [5.74, 6) is -1.36. The number of carboxylic acid groups (broad SMARTS) is 1. The Balaban J connectivity index is 3.41. The lowest BCUT2D eigenvalue weighted by atomic mass is 9.99. The van der Waals surface area contributed by atoms with E-state index in [2.05, 4.69) is 0 Å². The first-order valence-electron chi connectivity index (χ1n) is 5.19. The van der Waals surface area contributed by atoms with Gasteiger partial charge in [-0.15, -0.1) is 0 Å². The van der Waals surface area contributed by atoms with Gasteiger partial charge in [0, 0.05) is 0 Å². The lowest BCUT2D eigenvalue weighted by Crippen LogP contribution is -2.14. The molecule has 110 valence electrons. The molecule has 0 aliphatic rings. The molecule has 1 aromatic rings. The molecule has 1 aromatic carbocycles. The number of aliphatic carboxylic acids is 1. The maximum Gasteiger partial charge on any atom is 0.417 e. The molecule has 0 aliphatic heterocycles. The van der Waals surface area contributed by atoms with Crippen molar-refractivity contribution in [1.82, 2.24) is 0 Å². The molecule has 0 saturated heterocycles. The predicted octanol–water partition coefficient (Wildman–Crippen LogP) is 4.21. The van der Waals surface area contributed by atoms with Crippen molar-refractivity contribution in [1.29, 1.82) is 0 Å². The van der Waals surface area contributed by atoms with Crippen LogP contribution in [-0.4, -0.2) is 11.1 Å². The molecule has 0 unspecified atom stereocenters. The molecule has 8 heteroatoms. The highest BCUT2D eigenvalue weighted by molar-refractivity contribution is 5.71. The van der Waals surface area contributed by atoms with Gasteiger partial charge in [0.05, 0.1) is 17.5 Å². The highest BCUT2D eigenvalue weighted by Gasteiger charge is 2.39. The van der Waals surface area contributed by atoms with Gasteiger partial charge in [-0.2, -0.15) is 26.3 Å². The summed E-state index contributed by atoms with van der Waals surface area (Å²) in [6.45, 7) is 0. The van der Waals surface area contributed by atoms with Crippen LogP contribution in [0.1, 0.15) is 23.1 Å². The number of alkyl halides is 6. The summed E-state index contributed by atoms with van der Waals surface area (Å²) < 4.78 is 76.1. The van der Waals surface area contributed by atoms with E-state index in [1.807, 2.05) is 0 Å². The number of carbonyl (C=O) groups is 1. The molecule has 1 N–H and O–H groups in total. The van der Waals surface area contributed by atoms with Crippen molar-refractivity contribution in [2.75, 3.05) is 0 Å². The maximum absolute atomic E-state index is 12.7. The molecule has 2 nitrogen and oxygen atoms in total. The van der Waals surface area contributed by atoms with Gasteiger partial charge < -0.3 is 5.11 Å². The highest BCUT2D eigenvalue weighted by atomic mass is 19.4. The number of carboxylic acids is 1. The number of hydrogen-bond acceptors (Lipinski definition) is 1. The number of hydrogen-bond donors (Lipinski definition) is 1. The van der Waals surface area contributed by atoms with Crippen LogP contribution in [0.5, 0.6) is 0 Å². The zero-order chi connectivity index (χ0) is 15.6.